The van der Waals surface area contributed by atoms with E-state index in [-0.39, 0.29) is 44.6 Å². The first-order chi connectivity index (χ1) is 14.2. The van der Waals surface area contributed by atoms with Crippen LogP contribution in [0.2, 0.25) is 0 Å². The molecule has 0 aromatic heterocycles. The van der Waals surface area contributed by atoms with Crippen LogP contribution in [0.25, 0.3) is 0 Å². The Morgan fingerprint density at radius 3 is 2.37 bits per heavy atom. The molecule has 0 aliphatic carbocycles. The van der Waals surface area contributed by atoms with Crippen molar-refractivity contribution in [3.63, 3.8) is 0 Å². The number of alkyl halides is 1. The second-order valence-corrected chi connectivity index (χ2v) is 7.49. The fourth-order valence-corrected chi connectivity index (χ4v) is 2.55. The van der Waals surface area contributed by atoms with Gasteiger partial charge in [-0.3, -0.25) is 9.59 Å². The predicted octanol–water partition coefficient (Wildman–Crippen LogP) is 0.415. The van der Waals surface area contributed by atoms with Crippen LogP contribution in [0.5, 0.6) is 5.75 Å². The molecule has 1 aromatic carbocycles. The van der Waals surface area contributed by atoms with E-state index in [0.717, 1.165) is 0 Å². The van der Waals surface area contributed by atoms with E-state index in [4.69, 9.17) is 16.3 Å². The lowest BCUT2D eigenvalue weighted by atomic mass is 9.87. The molecule has 0 radical (unpaired) electrons. The van der Waals surface area contributed by atoms with E-state index < -0.39 is 23.4 Å². The molecule has 0 heterocycles. The van der Waals surface area contributed by atoms with Crippen LogP contribution in [-0.2, 0) is 14.3 Å². The summed E-state index contributed by atoms with van der Waals surface area (Å²) in [7, 11) is 1.30. The minimum Gasteiger partial charge on any atom is -0.492 e. The summed E-state index contributed by atoms with van der Waals surface area (Å²) in [5.41, 5.74) is -0.585. The highest BCUT2D eigenvalue weighted by Crippen LogP contribution is 2.19. The minimum absolute atomic E-state index is 0.105. The van der Waals surface area contributed by atoms with Crippen LogP contribution in [0.3, 0.4) is 0 Å². The summed E-state index contributed by atoms with van der Waals surface area (Å²) in [6.45, 7) is 3.46. The first kappa shape index (κ1) is 25.7. The number of nitrogens with zero attached hydrogens (tertiary/aromatic N) is 1. The van der Waals surface area contributed by atoms with Gasteiger partial charge in [0.25, 0.3) is 0 Å². The Morgan fingerprint density at radius 1 is 1.20 bits per heavy atom. The zero-order valence-corrected chi connectivity index (χ0v) is 18.1. The van der Waals surface area contributed by atoms with Gasteiger partial charge in [-0.05, 0) is 24.3 Å². The number of methoxy groups -OCH3 is 1. The van der Waals surface area contributed by atoms with Gasteiger partial charge in [-0.1, -0.05) is 13.8 Å². The molecule has 3 N–H and O–H groups in total. The van der Waals surface area contributed by atoms with E-state index >= 15 is 0 Å². The van der Waals surface area contributed by atoms with E-state index in [1.807, 2.05) is 0 Å². The number of carbonyl (C=O) groups excluding carboxylic acids is 3. The number of aliphatic hydroxyl groups is 2. The van der Waals surface area contributed by atoms with Crippen molar-refractivity contribution in [1.82, 2.24) is 10.2 Å². The molecule has 0 saturated heterocycles. The number of ether oxygens (including phenoxy) is 2. The zero-order chi connectivity index (χ0) is 22.7. The standard InChI is InChI=1S/C20H29ClN2O7/c1-20(2,13-24)17(26)18(27)22-8-9-23(16(25)12-21)10-11-30-15-6-4-14(5-7-15)19(28)29-3/h4-7,17,24,26H,8-13H2,1-3H3,(H,22,27). The van der Waals surface area contributed by atoms with Gasteiger partial charge in [0.1, 0.15) is 24.3 Å². The second-order valence-electron chi connectivity index (χ2n) is 7.22. The number of rotatable bonds is 12. The largest absolute Gasteiger partial charge is 0.492 e. The van der Waals surface area contributed by atoms with Crippen molar-refractivity contribution in [2.45, 2.75) is 20.0 Å². The molecule has 0 bridgehead atoms. The summed E-state index contributed by atoms with van der Waals surface area (Å²) in [6, 6.07) is 6.37. The lowest BCUT2D eigenvalue weighted by Gasteiger charge is -2.28. The summed E-state index contributed by atoms with van der Waals surface area (Å²) < 4.78 is 10.2. The number of hydrogen-bond donors (Lipinski definition) is 3. The van der Waals surface area contributed by atoms with Crippen LogP contribution < -0.4 is 10.1 Å². The number of benzene rings is 1. The molecule has 0 aliphatic rings. The SMILES string of the molecule is COC(=O)c1ccc(OCCN(CCNC(=O)C(O)C(C)(C)CO)C(=O)CCl)cc1. The highest BCUT2D eigenvalue weighted by molar-refractivity contribution is 6.27. The normalized spacial score (nSPS) is 12.1. The van der Waals surface area contributed by atoms with Crippen LogP contribution in [0.4, 0.5) is 0 Å². The molecule has 2 amide bonds. The van der Waals surface area contributed by atoms with Crippen LogP contribution >= 0.6 is 11.6 Å². The summed E-state index contributed by atoms with van der Waals surface area (Å²) in [5.74, 6) is -1.11. The fourth-order valence-electron chi connectivity index (χ4n) is 2.38. The number of esters is 1. The second kappa shape index (κ2) is 12.4. The number of amides is 2. The maximum atomic E-state index is 12.0. The van der Waals surface area contributed by atoms with E-state index in [1.54, 1.807) is 38.1 Å². The van der Waals surface area contributed by atoms with Crippen LogP contribution in [-0.4, -0.2) is 84.8 Å². The number of aliphatic hydroxyl groups excluding tert-OH is 2. The van der Waals surface area contributed by atoms with Gasteiger partial charge in [-0.25, -0.2) is 4.79 Å². The molecular formula is C20H29ClN2O7. The number of halogens is 1. The minimum atomic E-state index is -1.38. The summed E-state index contributed by atoms with van der Waals surface area (Å²) in [6.07, 6.45) is -1.38. The summed E-state index contributed by atoms with van der Waals surface area (Å²) in [4.78, 5) is 36.9. The topological polar surface area (TPSA) is 125 Å². The lowest BCUT2D eigenvalue weighted by molar-refractivity contribution is -0.137. The maximum Gasteiger partial charge on any atom is 0.337 e. The average molecular weight is 445 g/mol. The third kappa shape index (κ3) is 7.81. The first-order valence-corrected chi connectivity index (χ1v) is 9.91. The van der Waals surface area contributed by atoms with E-state index in [0.29, 0.717) is 11.3 Å². The molecule has 0 fully saturated rings. The molecule has 0 aliphatic heterocycles. The van der Waals surface area contributed by atoms with Crippen molar-refractivity contribution >= 4 is 29.4 Å². The van der Waals surface area contributed by atoms with Gasteiger partial charge in [0.15, 0.2) is 0 Å². The van der Waals surface area contributed by atoms with Crippen molar-refractivity contribution in [2.75, 3.05) is 45.8 Å². The zero-order valence-electron chi connectivity index (χ0n) is 17.4. The third-order valence-corrected chi connectivity index (χ3v) is 4.68. The molecule has 1 aromatic rings. The van der Waals surface area contributed by atoms with Crippen molar-refractivity contribution < 1.29 is 34.1 Å². The Morgan fingerprint density at radius 2 is 1.83 bits per heavy atom. The average Bonchev–Trinajstić information content (AvgIpc) is 2.76. The quantitative estimate of drug-likeness (QED) is 0.315. The highest BCUT2D eigenvalue weighted by Gasteiger charge is 2.32. The number of nitrogens with one attached hydrogen (secondary N) is 1. The van der Waals surface area contributed by atoms with Gasteiger partial charge < -0.3 is 29.9 Å². The smallest absolute Gasteiger partial charge is 0.337 e. The maximum absolute atomic E-state index is 12.0. The Hall–Kier alpha value is -2.36. The molecule has 30 heavy (non-hydrogen) atoms. The van der Waals surface area contributed by atoms with Crippen LogP contribution in [0.1, 0.15) is 24.2 Å². The van der Waals surface area contributed by atoms with Crippen LogP contribution in [0.15, 0.2) is 24.3 Å². The molecule has 0 saturated carbocycles. The molecule has 9 nitrogen and oxygen atoms in total. The molecule has 1 rings (SSSR count). The van der Waals surface area contributed by atoms with E-state index in [1.165, 1.54) is 12.0 Å². The van der Waals surface area contributed by atoms with Gasteiger partial charge >= 0.3 is 5.97 Å². The highest BCUT2D eigenvalue weighted by atomic mass is 35.5. The Kier molecular flexibility index (Phi) is 10.6. The van der Waals surface area contributed by atoms with Crippen LogP contribution in [0, 0.1) is 5.41 Å². The third-order valence-electron chi connectivity index (χ3n) is 4.45. The molecular weight excluding hydrogens is 416 g/mol. The van der Waals surface area contributed by atoms with Gasteiger partial charge in [0, 0.05) is 18.5 Å². The number of hydrogen-bond acceptors (Lipinski definition) is 7. The van der Waals surface area contributed by atoms with Crippen molar-refractivity contribution in [3.05, 3.63) is 29.8 Å². The predicted molar refractivity (Wildman–Crippen MR) is 110 cm³/mol. The lowest BCUT2D eigenvalue weighted by Crippen LogP contribution is -2.48. The number of carbonyl (C=O) groups is 3. The Labute approximate surface area is 180 Å². The molecule has 1 unspecified atom stereocenters. The van der Waals surface area contributed by atoms with Gasteiger partial charge in [-0.2, -0.15) is 0 Å². The Bertz CT molecular complexity index is 710. The molecule has 1 atom stereocenters. The monoisotopic (exact) mass is 444 g/mol. The first-order valence-electron chi connectivity index (χ1n) is 9.37. The van der Waals surface area contributed by atoms with Gasteiger partial charge in [0.2, 0.25) is 11.8 Å². The van der Waals surface area contributed by atoms with Crippen molar-refractivity contribution in [2.24, 2.45) is 5.41 Å². The summed E-state index contributed by atoms with van der Waals surface area (Å²) >= 11 is 5.64. The van der Waals surface area contributed by atoms with Crippen molar-refractivity contribution in [3.8, 4) is 5.75 Å². The summed E-state index contributed by atoms with van der Waals surface area (Å²) in [5, 5.41) is 21.8. The van der Waals surface area contributed by atoms with Crippen molar-refractivity contribution in [1.29, 1.82) is 0 Å². The van der Waals surface area contributed by atoms with Gasteiger partial charge in [0.05, 0.1) is 25.8 Å². The molecule has 168 valence electrons. The van der Waals surface area contributed by atoms with E-state index in [2.05, 4.69) is 10.1 Å². The molecule has 10 heteroatoms. The molecule has 0 spiro atoms. The van der Waals surface area contributed by atoms with Gasteiger partial charge in [-0.15, -0.1) is 11.6 Å². The fraction of sp³-hybridized carbons (Fsp3) is 0.550. The van der Waals surface area contributed by atoms with E-state index in [9.17, 15) is 24.6 Å². The Balaban J connectivity index is 2.52.